The monoisotopic (exact) mass is 794 g/mol. The molecule has 5 aromatic carbocycles. The smallest absolute Gasteiger partial charge is 0.404 e. The second-order valence-electron chi connectivity index (χ2n) is 12.9. The number of hydrogen-bond acceptors (Lipinski definition) is 9. The van der Waals surface area contributed by atoms with E-state index in [1.54, 1.807) is 28.5 Å². The molecule has 0 spiro atoms. The van der Waals surface area contributed by atoms with Gasteiger partial charge in [-0.05, 0) is 84.5 Å². The molecule has 0 aliphatic rings. The summed E-state index contributed by atoms with van der Waals surface area (Å²) >= 11 is 1.54. The average Bonchev–Trinajstić information content (AvgIpc) is 3.50. The van der Waals surface area contributed by atoms with Crippen molar-refractivity contribution >= 4 is 56.2 Å². The number of H-pyrrole nitrogens is 1. The van der Waals surface area contributed by atoms with E-state index in [9.17, 15) is 32.9 Å². The fourth-order valence-corrected chi connectivity index (χ4v) is 8.10. The number of rotatable bonds is 17. The van der Waals surface area contributed by atoms with E-state index in [1.165, 1.54) is 24.3 Å². The van der Waals surface area contributed by atoms with Crippen LogP contribution in [-0.4, -0.2) is 58.3 Å². The topological polar surface area (TPSA) is 206 Å². The zero-order chi connectivity index (χ0) is 39.7. The third kappa shape index (κ3) is 10.0. The molecule has 288 valence electrons. The molecule has 6 aromatic rings. The third-order valence-corrected chi connectivity index (χ3v) is 11.5. The van der Waals surface area contributed by atoms with Gasteiger partial charge in [0.2, 0.25) is 0 Å². The number of anilines is 1. The van der Waals surface area contributed by atoms with Crippen molar-refractivity contribution in [2.24, 2.45) is 0 Å². The van der Waals surface area contributed by atoms with Crippen LogP contribution in [0.4, 0.5) is 16.2 Å². The molecule has 2 amide bonds. The van der Waals surface area contributed by atoms with Crippen LogP contribution in [0, 0.1) is 10.1 Å². The van der Waals surface area contributed by atoms with Gasteiger partial charge in [-0.15, -0.1) is 11.8 Å². The van der Waals surface area contributed by atoms with Crippen molar-refractivity contribution < 1.29 is 28.0 Å². The van der Waals surface area contributed by atoms with Crippen LogP contribution in [0.5, 0.6) is 0 Å². The molecule has 1 atom stereocenters. The quantitative estimate of drug-likeness (QED) is 0.0275. The number of imidazole rings is 1. The van der Waals surface area contributed by atoms with Crippen LogP contribution in [0.25, 0.3) is 22.2 Å². The maximum Gasteiger partial charge on any atom is 0.404 e. The lowest BCUT2D eigenvalue weighted by Crippen LogP contribution is -2.30. The van der Waals surface area contributed by atoms with E-state index >= 15 is 0 Å². The Kier molecular flexibility index (Phi) is 12.5. The van der Waals surface area contributed by atoms with Gasteiger partial charge >= 0.3 is 11.8 Å². The summed E-state index contributed by atoms with van der Waals surface area (Å²) in [5, 5.41) is 26.5. The number of thioether (sulfide) groups is 1. The average molecular weight is 795 g/mol. The number of nitro benzene ring substituents is 1. The highest BCUT2D eigenvalue weighted by Crippen LogP contribution is 2.31. The van der Waals surface area contributed by atoms with Crippen molar-refractivity contribution in [3.8, 4) is 11.1 Å². The highest BCUT2D eigenvalue weighted by molar-refractivity contribution is 7.99. The predicted molar refractivity (Wildman–Crippen MR) is 216 cm³/mol. The summed E-state index contributed by atoms with van der Waals surface area (Å²) in [5.41, 5.74) is 3.27. The molecule has 56 heavy (non-hydrogen) atoms. The van der Waals surface area contributed by atoms with Crippen LogP contribution in [0.3, 0.4) is 0 Å². The highest BCUT2D eigenvalue weighted by atomic mass is 32.2. The predicted octanol–water partition coefficient (Wildman–Crippen LogP) is 7.08. The van der Waals surface area contributed by atoms with Gasteiger partial charge in [0, 0.05) is 34.9 Å². The number of aromatic amines is 1. The summed E-state index contributed by atoms with van der Waals surface area (Å²) in [5.74, 6) is -0.395. The standard InChI is InChI=1S/C40H38N6O8S2/c47-38(29-16-14-28(15-17-29)30-18-21-36-35(23-30)43-39(48)45(36)25-27-9-3-1-4-10-27)44-56(53,54)33-19-20-34(37(24-33)46(51)52)42-31(11-7-8-22-41-40(49)50)26-55-32-12-5-2-6-13-32/h1-6,9-10,12-21,23-24,31,41-42H,7-8,11,22,25-26H2,(H,43,48)(H,44,47)(H,49,50)/t31-/m1/s1. The van der Waals surface area contributed by atoms with Gasteiger partial charge in [0.15, 0.2) is 0 Å². The number of hydrogen-bond donors (Lipinski definition) is 5. The van der Waals surface area contributed by atoms with Gasteiger partial charge in [0.1, 0.15) is 5.69 Å². The Hall–Kier alpha value is -6.39. The lowest BCUT2D eigenvalue weighted by Gasteiger charge is -2.20. The van der Waals surface area contributed by atoms with Crippen molar-refractivity contribution in [2.45, 2.75) is 41.6 Å². The van der Waals surface area contributed by atoms with Gasteiger partial charge in [-0.3, -0.25) is 19.5 Å². The van der Waals surface area contributed by atoms with E-state index in [0.717, 1.165) is 33.2 Å². The first-order chi connectivity index (χ1) is 27.0. The molecule has 0 unspecified atom stereocenters. The Bertz CT molecular complexity index is 2510. The molecule has 0 saturated heterocycles. The zero-order valence-electron chi connectivity index (χ0n) is 29.9. The van der Waals surface area contributed by atoms with Gasteiger partial charge < -0.3 is 20.7 Å². The van der Waals surface area contributed by atoms with Gasteiger partial charge in [0.05, 0.1) is 27.4 Å². The largest absolute Gasteiger partial charge is 0.465 e. The summed E-state index contributed by atoms with van der Waals surface area (Å²) in [6.07, 6.45) is 0.628. The number of fused-ring (bicyclic) bond motifs is 1. The molecule has 0 radical (unpaired) electrons. The number of benzene rings is 5. The lowest BCUT2D eigenvalue weighted by atomic mass is 10.0. The van der Waals surface area contributed by atoms with Crippen molar-refractivity contribution in [3.05, 3.63) is 153 Å². The fraction of sp³-hybridized carbons (Fsp3) is 0.175. The number of aromatic nitrogens is 2. The van der Waals surface area contributed by atoms with Crippen molar-refractivity contribution in [3.63, 3.8) is 0 Å². The molecule has 0 fully saturated rings. The summed E-state index contributed by atoms with van der Waals surface area (Å²) in [7, 11) is -4.52. The normalized spacial score (nSPS) is 11.9. The van der Waals surface area contributed by atoms with E-state index in [0.29, 0.717) is 37.1 Å². The lowest BCUT2D eigenvalue weighted by molar-refractivity contribution is -0.384. The minimum Gasteiger partial charge on any atom is -0.465 e. The number of nitro groups is 1. The van der Waals surface area contributed by atoms with E-state index in [-0.39, 0.29) is 29.5 Å². The Morgan fingerprint density at radius 3 is 2.27 bits per heavy atom. The molecule has 16 heteroatoms. The van der Waals surface area contributed by atoms with Gasteiger partial charge in [-0.2, -0.15) is 0 Å². The van der Waals surface area contributed by atoms with Gasteiger partial charge in [-0.25, -0.2) is 22.7 Å². The summed E-state index contributed by atoms with van der Waals surface area (Å²) in [6, 6.07) is 34.1. The number of unbranched alkanes of at least 4 members (excludes halogenated alkanes) is 1. The molecule has 6 rings (SSSR count). The minimum atomic E-state index is -4.52. The molecular formula is C40H38N6O8S2. The number of nitrogens with zero attached hydrogens (tertiary/aromatic N) is 2. The molecule has 1 heterocycles. The number of carbonyl (C=O) groups is 2. The van der Waals surface area contributed by atoms with Crippen LogP contribution in [-0.2, 0) is 16.6 Å². The van der Waals surface area contributed by atoms with Gasteiger partial charge in [0.25, 0.3) is 21.6 Å². The van der Waals surface area contributed by atoms with Crippen LogP contribution in [0.2, 0.25) is 0 Å². The van der Waals surface area contributed by atoms with Crippen molar-refractivity contribution in [2.75, 3.05) is 17.6 Å². The Morgan fingerprint density at radius 1 is 0.875 bits per heavy atom. The molecule has 0 bridgehead atoms. The highest BCUT2D eigenvalue weighted by Gasteiger charge is 2.25. The second-order valence-corrected chi connectivity index (χ2v) is 15.7. The Labute approximate surface area is 326 Å². The maximum absolute atomic E-state index is 13.3. The van der Waals surface area contributed by atoms with E-state index in [4.69, 9.17) is 5.11 Å². The number of carboxylic acid groups (broad SMARTS) is 1. The maximum atomic E-state index is 13.3. The molecule has 14 nitrogen and oxygen atoms in total. The van der Waals surface area contributed by atoms with Crippen LogP contribution in [0.1, 0.15) is 35.2 Å². The van der Waals surface area contributed by atoms with E-state index < -0.39 is 37.5 Å². The van der Waals surface area contributed by atoms with E-state index in [1.807, 2.05) is 83.6 Å². The number of amides is 2. The Balaban J connectivity index is 1.13. The number of carbonyl (C=O) groups excluding carboxylic acids is 1. The molecular weight excluding hydrogens is 757 g/mol. The second kappa shape index (κ2) is 17.8. The first-order valence-electron chi connectivity index (χ1n) is 17.6. The SMILES string of the molecule is O=C(O)NCCCC[C@H](CSc1ccccc1)Nc1ccc(S(=O)(=O)NC(=O)c2ccc(-c3ccc4c(c3)[nH]c(=O)n4Cc3ccccc3)cc2)cc1[N+](=O)[O-]. The number of sulfonamides is 1. The summed E-state index contributed by atoms with van der Waals surface area (Å²) < 4.78 is 30.3. The summed E-state index contributed by atoms with van der Waals surface area (Å²) in [4.78, 5) is 51.6. The van der Waals surface area contributed by atoms with Crippen LogP contribution < -0.4 is 21.0 Å². The van der Waals surface area contributed by atoms with Crippen molar-refractivity contribution in [1.29, 1.82) is 0 Å². The summed E-state index contributed by atoms with van der Waals surface area (Å²) in [6.45, 7) is 0.674. The van der Waals surface area contributed by atoms with Gasteiger partial charge in [-0.1, -0.05) is 66.7 Å². The first kappa shape index (κ1) is 39.3. The van der Waals surface area contributed by atoms with Crippen LogP contribution >= 0.6 is 11.8 Å². The van der Waals surface area contributed by atoms with E-state index in [2.05, 4.69) is 15.6 Å². The molecule has 0 saturated carbocycles. The molecule has 5 N–H and O–H groups in total. The first-order valence-corrected chi connectivity index (χ1v) is 20.1. The molecule has 0 aliphatic carbocycles. The molecule has 0 aliphatic heterocycles. The zero-order valence-corrected chi connectivity index (χ0v) is 31.5. The number of nitrogens with one attached hydrogen (secondary N) is 4. The van der Waals surface area contributed by atoms with Crippen LogP contribution in [0.15, 0.2) is 136 Å². The third-order valence-electron chi connectivity index (χ3n) is 8.95. The Morgan fingerprint density at radius 2 is 1.57 bits per heavy atom. The minimum absolute atomic E-state index is 0.0472. The fourth-order valence-electron chi connectivity index (χ4n) is 6.11. The molecule has 1 aromatic heterocycles. The van der Waals surface area contributed by atoms with Crippen molar-refractivity contribution in [1.82, 2.24) is 19.6 Å².